The van der Waals surface area contributed by atoms with Gasteiger partial charge in [0.05, 0.1) is 12.6 Å². The third-order valence-electron chi connectivity index (χ3n) is 5.55. The molecule has 0 aromatic heterocycles. The number of hydrogen-bond donors (Lipinski definition) is 0. The van der Waals surface area contributed by atoms with E-state index in [1.165, 1.54) is 11.1 Å². The first-order chi connectivity index (χ1) is 12.5. The number of rotatable bonds is 2. The molecule has 1 aliphatic carbocycles. The van der Waals surface area contributed by atoms with Gasteiger partial charge in [0.2, 0.25) is 6.79 Å². The molecule has 0 N–H and O–H groups in total. The van der Waals surface area contributed by atoms with Crippen LogP contribution in [0.15, 0.2) is 42.5 Å². The maximum Gasteiger partial charge on any atom is 0.402 e. The van der Waals surface area contributed by atoms with Crippen LogP contribution >= 0.6 is 0 Å². The van der Waals surface area contributed by atoms with Crippen LogP contribution in [0.3, 0.4) is 0 Å². The summed E-state index contributed by atoms with van der Waals surface area (Å²) in [6.07, 6.45) is -4.17. The van der Waals surface area contributed by atoms with Crippen LogP contribution in [-0.4, -0.2) is 30.7 Å². The van der Waals surface area contributed by atoms with Crippen molar-refractivity contribution in [2.75, 3.05) is 13.4 Å². The molecule has 7 heteroatoms. The van der Waals surface area contributed by atoms with E-state index in [-0.39, 0.29) is 18.8 Å². The topological polar surface area (TPSA) is 30.9 Å². The van der Waals surface area contributed by atoms with Gasteiger partial charge >= 0.3 is 6.18 Å². The molecule has 0 unspecified atom stereocenters. The number of hydroxylamine groups is 2. The summed E-state index contributed by atoms with van der Waals surface area (Å²) in [5.41, 5.74) is -0.235. The van der Waals surface area contributed by atoms with Crippen molar-refractivity contribution >= 4 is 0 Å². The number of halogens is 3. The van der Waals surface area contributed by atoms with Crippen LogP contribution in [0, 0.1) is 0 Å². The van der Waals surface area contributed by atoms with Gasteiger partial charge in [0.1, 0.15) is 5.41 Å². The fourth-order valence-electron chi connectivity index (χ4n) is 4.27. The van der Waals surface area contributed by atoms with E-state index in [2.05, 4.69) is 0 Å². The Balaban J connectivity index is 1.57. The molecule has 1 saturated heterocycles. The van der Waals surface area contributed by atoms with Crippen LogP contribution in [0.2, 0.25) is 0 Å². The molecule has 0 bridgehead atoms. The highest BCUT2D eigenvalue weighted by Gasteiger charge is 2.69. The Morgan fingerprint density at radius 2 is 1.81 bits per heavy atom. The van der Waals surface area contributed by atoms with Crippen LogP contribution in [0.1, 0.15) is 16.7 Å². The summed E-state index contributed by atoms with van der Waals surface area (Å²) in [5.74, 6) is 0.881. The molecule has 2 aromatic rings. The van der Waals surface area contributed by atoms with Gasteiger partial charge in [-0.15, -0.1) is 0 Å². The molecule has 2 aromatic carbocycles. The quantitative estimate of drug-likeness (QED) is 0.816. The highest BCUT2D eigenvalue weighted by atomic mass is 19.4. The standard InChI is InChI=1S/C19H16F3NO3/c20-19(21,22)18-10-26-23(9-12-4-2-1-3-5-12)17(18)7-13-6-15-16(8-14(13)18)25-11-24-15/h1-6,8,17H,7,9-11H2/t17-,18-/m1/s1. The third-order valence-corrected chi connectivity index (χ3v) is 5.55. The van der Waals surface area contributed by atoms with Gasteiger partial charge in [0.25, 0.3) is 0 Å². The largest absolute Gasteiger partial charge is 0.454 e. The van der Waals surface area contributed by atoms with Crippen LogP contribution in [0.4, 0.5) is 13.2 Å². The van der Waals surface area contributed by atoms with Crippen molar-refractivity contribution < 1.29 is 27.5 Å². The molecular formula is C19H16F3NO3. The summed E-state index contributed by atoms with van der Waals surface area (Å²) in [4.78, 5) is 5.57. The van der Waals surface area contributed by atoms with Gasteiger partial charge in [-0.1, -0.05) is 30.3 Å². The molecule has 26 heavy (non-hydrogen) atoms. The summed E-state index contributed by atoms with van der Waals surface area (Å²) < 4.78 is 53.5. The van der Waals surface area contributed by atoms with Crippen LogP contribution < -0.4 is 9.47 Å². The smallest absolute Gasteiger partial charge is 0.402 e. The first-order valence-corrected chi connectivity index (χ1v) is 8.42. The second-order valence-electron chi connectivity index (χ2n) is 6.89. The molecular weight excluding hydrogens is 347 g/mol. The van der Waals surface area contributed by atoms with Gasteiger partial charge in [-0.2, -0.15) is 18.2 Å². The van der Waals surface area contributed by atoms with Crippen LogP contribution in [0.5, 0.6) is 11.5 Å². The van der Waals surface area contributed by atoms with Crippen LogP contribution in [-0.2, 0) is 23.2 Å². The van der Waals surface area contributed by atoms with Gasteiger partial charge in [0.15, 0.2) is 11.5 Å². The van der Waals surface area contributed by atoms with E-state index in [4.69, 9.17) is 14.3 Å². The summed E-state index contributed by atoms with van der Waals surface area (Å²) in [7, 11) is 0. The number of ether oxygens (including phenoxy) is 2. The zero-order chi connectivity index (χ0) is 17.9. The average Bonchev–Trinajstić information content (AvgIpc) is 3.27. The van der Waals surface area contributed by atoms with E-state index in [9.17, 15) is 13.2 Å². The molecule has 0 saturated carbocycles. The Bertz CT molecular complexity index is 855. The molecule has 136 valence electrons. The average molecular weight is 363 g/mol. The van der Waals surface area contributed by atoms with E-state index in [1.807, 2.05) is 30.3 Å². The number of nitrogens with zero attached hydrogens (tertiary/aromatic N) is 1. The fourth-order valence-corrected chi connectivity index (χ4v) is 4.27. The molecule has 0 spiro atoms. The lowest BCUT2D eigenvalue weighted by molar-refractivity contribution is -0.191. The highest BCUT2D eigenvalue weighted by molar-refractivity contribution is 5.56. The molecule has 2 atom stereocenters. The summed E-state index contributed by atoms with van der Waals surface area (Å²) in [6, 6.07) is 11.7. The minimum Gasteiger partial charge on any atom is -0.454 e. The van der Waals surface area contributed by atoms with Crippen molar-refractivity contribution in [3.63, 3.8) is 0 Å². The van der Waals surface area contributed by atoms with Gasteiger partial charge in [-0.25, -0.2) is 0 Å². The molecule has 5 rings (SSSR count). The minimum atomic E-state index is -4.43. The Morgan fingerprint density at radius 3 is 2.54 bits per heavy atom. The van der Waals surface area contributed by atoms with Crippen molar-refractivity contribution in [1.82, 2.24) is 5.06 Å². The first kappa shape index (κ1) is 16.0. The van der Waals surface area contributed by atoms with Crippen molar-refractivity contribution in [1.29, 1.82) is 0 Å². The van der Waals surface area contributed by atoms with E-state index < -0.39 is 24.2 Å². The first-order valence-electron chi connectivity index (χ1n) is 8.42. The van der Waals surface area contributed by atoms with E-state index in [0.717, 1.165) is 5.56 Å². The Kier molecular flexibility index (Phi) is 3.30. The van der Waals surface area contributed by atoms with E-state index >= 15 is 0 Å². The van der Waals surface area contributed by atoms with Gasteiger partial charge in [-0.05, 0) is 35.2 Å². The normalized spacial score (nSPS) is 26.8. The number of alkyl halides is 3. The van der Waals surface area contributed by atoms with Crippen molar-refractivity contribution in [2.24, 2.45) is 0 Å². The Hall–Kier alpha value is -2.25. The maximum atomic E-state index is 14.3. The van der Waals surface area contributed by atoms with Crippen LogP contribution in [0.25, 0.3) is 0 Å². The van der Waals surface area contributed by atoms with Gasteiger partial charge < -0.3 is 9.47 Å². The predicted molar refractivity (Wildman–Crippen MR) is 85.7 cm³/mol. The Labute approximate surface area is 148 Å². The second-order valence-corrected chi connectivity index (χ2v) is 6.89. The molecule has 4 nitrogen and oxygen atoms in total. The van der Waals surface area contributed by atoms with Crippen molar-refractivity contribution in [3.05, 3.63) is 59.2 Å². The molecule has 0 amide bonds. The highest BCUT2D eigenvalue weighted by Crippen LogP contribution is 2.57. The van der Waals surface area contributed by atoms with Crippen molar-refractivity contribution in [3.8, 4) is 11.5 Å². The zero-order valence-electron chi connectivity index (χ0n) is 13.8. The van der Waals surface area contributed by atoms with Crippen molar-refractivity contribution in [2.45, 2.75) is 30.6 Å². The molecule has 3 aliphatic rings. The van der Waals surface area contributed by atoms with Gasteiger partial charge in [0, 0.05) is 6.54 Å². The lowest BCUT2D eigenvalue weighted by Gasteiger charge is -2.32. The molecule has 1 fully saturated rings. The number of hydrogen-bond acceptors (Lipinski definition) is 4. The van der Waals surface area contributed by atoms with E-state index in [1.54, 1.807) is 6.07 Å². The molecule has 2 aliphatic heterocycles. The summed E-state index contributed by atoms with van der Waals surface area (Å²) >= 11 is 0. The summed E-state index contributed by atoms with van der Waals surface area (Å²) in [6.45, 7) is -0.0675. The molecule has 2 heterocycles. The van der Waals surface area contributed by atoms with E-state index in [0.29, 0.717) is 23.6 Å². The third kappa shape index (κ3) is 2.10. The maximum absolute atomic E-state index is 14.3. The minimum absolute atomic E-state index is 0.0390. The Morgan fingerprint density at radius 1 is 1.08 bits per heavy atom. The lowest BCUT2D eigenvalue weighted by atomic mass is 9.79. The second kappa shape index (κ2) is 5.37. The zero-order valence-corrected chi connectivity index (χ0v) is 13.8. The lowest BCUT2D eigenvalue weighted by Crippen LogP contribution is -2.51. The predicted octanol–water partition coefficient (Wildman–Crippen LogP) is 3.59. The monoisotopic (exact) mass is 363 g/mol. The summed E-state index contributed by atoms with van der Waals surface area (Å²) in [5, 5.41) is 1.48. The fraction of sp³-hybridized carbons (Fsp3) is 0.368. The molecule has 0 radical (unpaired) electrons. The number of benzene rings is 2. The SMILES string of the molecule is FC(F)(F)[C@@]12CON(Cc3ccccc3)[C@@H]1Cc1cc3c(cc12)OCO3. The number of fused-ring (bicyclic) bond motifs is 4. The van der Waals surface area contributed by atoms with Gasteiger partial charge in [-0.3, -0.25) is 4.84 Å².